The van der Waals surface area contributed by atoms with Gasteiger partial charge in [-0.1, -0.05) is 0 Å². The average molecular weight is 228 g/mol. The van der Waals surface area contributed by atoms with Crippen molar-refractivity contribution in [2.45, 2.75) is 0 Å². The zero-order chi connectivity index (χ0) is 11.4. The second-order valence-electron chi connectivity index (χ2n) is 2.68. The van der Waals surface area contributed by atoms with Crippen LogP contribution in [0.3, 0.4) is 0 Å². The van der Waals surface area contributed by atoms with Crippen LogP contribution < -0.4 is 11.1 Å². The largest absolute Gasteiger partial charge is 0.465 e. The van der Waals surface area contributed by atoms with Gasteiger partial charge in [-0.15, -0.1) is 0 Å². The van der Waals surface area contributed by atoms with Crippen molar-refractivity contribution in [3.63, 3.8) is 0 Å². The molecule has 0 fully saturated rings. The van der Waals surface area contributed by atoms with Gasteiger partial charge in [-0.2, -0.15) is 0 Å². The fourth-order valence-corrected chi connectivity index (χ4v) is 1.11. The van der Waals surface area contributed by atoms with Crippen molar-refractivity contribution in [3.05, 3.63) is 29.6 Å². The number of carbonyl (C=O) groups excluding carboxylic acids is 1. The van der Waals surface area contributed by atoms with Crippen molar-refractivity contribution >= 4 is 29.0 Å². The Balaban J connectivity index is 3.05. The molecule has 0 aliphatic rings. The Kier molecular flexibility index (Phi) is 3.56. The van der Waals surface area contributed by atoms with Crippen LogP contribution in [0.4, 0.5) is 10.1 Å². The second kappa shape index (κ2) is 4.70. The highest BCUT2D eigenvalue weighted by atomic mass is 32.1. The predicted octanol–water partition coefficient (Wildman–Crippen LogP) is 1.27. The number of methoxy groups -OCH3 is 1. The van der Waals surface area contributed by atoms with Crippen molar-refractivity contribution in [2.75, 3.05) is 12.4 Å². The highest BCUT2D eigenvalue weighted by Crippen LogP contribution is 2.16. The monoisotopic (exact) mass is 228 g/mol. The van der Waals surface area contributed by atoms with Gasteiger partial charge in [0.25, 0.3) is 0 Å². The summed E-state index contributed by atoms with van der Waals surface area (Å²) in [5.41, 5.74) is 5.46. The molecule has 1 aromatic rings. The third-order valence-corrected chi connectivity index (χ3v) is 1.75. The minimum Gasteiger partial charge on any atom is -0.465 e. The minimum atomic E-state index is -0.555. The molecule has 0 saturated heterocycles. The number of esters is 1. The van der Waals surface area contributed by atoms with Crippen LogP contribution >= 0.6 is 12.2 Å². The fourth-order valence-electron chi connectivity index (χ4n) is 0.999. The van der Waals surface area contributed by atoms with E-state index in [1.807, 2.05) is 0 Å². The van der Waals surface area contributed by atoms with E-state index in [0.29, 0.717) is 0 Å². The number of rotatable bonds is 2. The minimum absolute atomic E-state index is 0.0467. The van der Waals surface area contributed by atoms with Gasteiger partial charge in [-0.05, 0) is 30.4 Å². The van der Waals surface area contributed by atoms with Gasteiger partial charge >= 0.3 is 5.97 Å². The van der Waals surface area contributed by atoms with E-state index in [0.717, 1.165) is 6.07 Å². The highest BCUT2D eigenvalue weighted by Gasteiger charge is 2.09. The third kappa shape index (κ3) is 2.88. The number of hydrogen-bond acceptors (Lipinski definition) is 3. The van der Waals surface area contributed by atoms with E-state index in [1.165, 1.54) is 19.2 Å². The molecule has 80 valence electrons. The smallest absolute Gasteiger partial charge is 0.337 e. The molecule has 0 aliphatic heterocycles. The molecule has 1 rings (SSSR count). The van der Waals surface area contributed by atoms with Gasteiger partial charge in [0, 0.05) is 0 Å². The maximum absolute atomic E-state index is 13.2. The van der Waals surface area contributed by atoms with Gasteiger partial charge in [0.05, 0.1) is 18.4 Å². The molecule has 1 aromatic carbocycles. The zero-order valence-corrected chi connectivity index (χ0v) is 8.73. The maximum atomic E-state index is 13.2. The van der Waals surface area contributed by atoms with E-state index in [9.17, 15) is 9.18 Å². The first kappa shape index (κ1) is 11.4. The Bertz CT molecular complexity index is 409. The summed E-state index contributed by atoms with van der Waals surface area (Å²) >= 11 is 4.56. The van der Waals surface area contributed by atoms with E-state index < -0.39 is 11.8 Å². The SMILES string of the molecule is COC(=O)c1ccc(F)c(NC(N)=S)c1. The molecule has 6 heteroatoms. The summed E-state index contributed by atoms with van der Waals surface area (Å²) in [5.74, 6) is -1.10. The molecule has 0 spiro atoms. The van der Waals surface area contributed by atoms with Crippen LogP contribution in [0.25, 0.3) is 0 Å². The summed E-state index contributed by atoms with van der Waals surface area (Å²) < 4.78 is 17.7. The van der Waals surface area contributed by atoms with Gasteiger partial charge in [0.2, 0.25) is 0 Å². The first-order valence-electron chi connectivity index (χ1n) is 3.99. The fraction of sp³-hybridized carbons (Fsp3) is 0.111. The number of nitrogens with two attached hydrogens (primary N) is 1. The lowest BCUT2D eigenvalue weighted by atomic mass is 10.2. The van der Waals surface area contributed by atoms with E-state index in [1.54, 1.807) is 0 Å². The summed E-state index contributed by atoms with van der Waals surface area (Å²) in [6.07, 6.45) is 0. The Morgan fingerprint density at radius 2 is 2.27 bits per heavy atom. The standard InChI is InChI=1S/C9H9FN2O2S/c1-14-8(13)5-2-3-6(10)7(4-5)12-9(11)15/h2-4H,1H3,(H3,11,12,15). The zero-order valence-electron chi connectivity index (χ0n) is 7.91. The van der Waals surface area contributed by atoms with Crippen LogP contribution in [-0.2, 0) is 4.74 Å². The molecule has 0 atom stereocenters. The Labute approximate surface area is 91.2 Å². The van der Waals surface area contributed by atoms with E-state index in [-0.39, 0.29) is 16.4 Å². The van der Waals surface area contributed by atoms with E-state index in [2.05, 4.69) is 22.3 Å². The summed E-state index contributed by atoms with van der Waals surface area (Å²) in [6.45, 7) is 0. The molecule has 0 aromatic heterocycles. The van der Waals surface area contributed by atoms with Crippen molar-refractivity contribution in [1.82, 2.24) is 0 Å². The number of nitrogens with one attached hydrogen (secondary N) is 1. The van der Waals surface area contributed by atoms with E-state index in [4.69, 9.17) is 5.73 Å². The van der Waals surface area contributed by atoms with Gasteiger partial charge in [0.1, 0.15) is 5.82 Å². The Morgan fingerprint density at radius 1 is 1.60 bits per heavy atom. The molecule has 0 unspecified atom stereocenters. The first-order valence-corrected chi connectivity index (χ1v) is 4.39. The summed E-state index contributed by atoms with van der Waals surface area (Å²) in [7, 11) is 1.24. The number of halogens is 1. The third-order valence-electron chi connectivity index (χ3n) is 1.65. The van der Waals surface area contributed by atoms with Crippen LogP contribution in [0.1, 0.15) is 10.4 Å². The van der Waals surface area contributed by atoms with Crippen molar-refractivity contribution in [2.24, 2.45) is 5.73 Å². The molecule has 0 amide bonds. The number of anilines is 1. The molecule has 0 bridgehead atoms. The molecular formula is C9H9FN2O2S. The van der Waals surface area contributed by atoms with Crippen LogP contribution in [0.5, 0.6) is 0 Å². The lowest BCUT2D eigenvalue weighted by molar-refractivity contribution is 0.0601. The molecule has 3 N–H and O–H groups in total. The number of hydrogen-bond donors (Lipinski definition) is 2. The molecule has 0 radical (unpaired) electrons. The van der Waals surface area contributed by atoms with Gasteiger partial charge in [-0.25, -0.2) is 9.18 Å². The van der Waals surface area contributed by atoms with Gasteiger partial charge in [-0.3, -0.25) is 0 Å². The lowest BCUT2D eigenvalue weighted by Crippen LogP contribution is -2.20. The second-order valence-corrected chi connectivity index (χ2v) is 3.12. The molecule has 0 saturated carbocycles. The first-order chi connectivity index (χ1) is 7.04. The van der Waals surface area contributed by atoms with E-state index >= 15 is 0 Å². The van der Waals surface area contributed by atoms with Crippen molar-refractivity contribution in [1.29, 1.82) is 0 Å². The van der Waals surface area contributed by atoms with Crippen LogP contribution in [0.15, 0.2) is 18.2 Å². The molecule has 15 heavy (non-hydrogen) atoms. The predicted molar refractivity (Wildman–Crippen MR) is 58.1 cm³/mol. The number of carbonyl (C=O) groups is 1. The van der Waals surface area contributed by atoms with Crippen molar-refractivity contribution in [3.8, 4) is 0 Å². The summed E-state index contributed by atoms with van der Waals surface area (Å²) in [6, 6.07) is 3.72. The topological polar surface area (TPSA) is 64.3 Å². The van der Waals surface area contributed by atoms with Crippen molar-refractivity contribution < 1.29 is 13.9 Å². The molecule has 4 nitrogen and oxygen atoms in total. The van der Waals surface area contributed by atoms with Gasteiger partial charge in [0.15, 0.2) is 5.11 Å². The number of ether oxygens (including phenoxy) is 1. The summed E-state index contributed by atoms with van der Waals surface area (Å²) in [4.78, 5) is 11.1. The normalized spacial score (nSPS) is 9.47. The maximum Gasteiger partial charge on any atom is 0.337 e. The Hall–Kier alpha value is -1.69. The van der Waals surface area contributed by atoms with Crippen LogP contribution in [-0.4, -0.2) is 18.2 Å². The van der Waals surface area contributed by atoms with Gasteiger partial charge < -0.3 is 15.8 Å². The summed E-state index contributed by atoms with van der Waals surface area (Å²) in [5, 5.41) is 2.35. The number of thiocarbonyl (C=S) groups is 1. The molecular weight excluding hydrogens is 219 g/mol. The number of benzene rings is 1. The lowest BCUT2D eigenvalue weighted by Gasteiger charge is -2.06. The molecule has 0 heterocycles. The van der Waals surface area contributed by atoms with Crippen LogP contribution in [0.2, 0.25) is 0 Å². The molecule has 0 aliphatic carbocycles. The Morgan fingerprint density at radius 3 is 2.80 bits per heavy atom. The highest BCUT2D eigenvalue weighted by molar-refractivity contribution is 7.80. The quantitative estimate of drug-likeness (QED) is 0.589. The average Bonchev–Trinajstić information content (AvgIpc) is 2.19. The van der Waals surface area contributed by atoms with Crippen LogP contribution in [0, 0.1) is 5.82 Å².